The number of fused-ring (bicyclic) bond motifs is 1. The van der Waals surface area contributed by atoms with Crippen LogP contribution < -0.4 is 10.6 Å². The number of aromatic nitrogens is 1. The number of carbonyl (C=O) groups is 1. The van der Waals surface area contributed by atoms with Gasteiger partial charge >= 0.3 is 0 Å². The third-order valence-corrected chi connectivity index (χ3v) is 4.66. The van der Waals surface area contributed by atoms with Gasteiger partial charge in [-0.3, -0.25) is 4.79 Å². The normalized spacial score (nSPS) is 17.6. The van der Waals surface area contributed by atoms with Crippen LogP contribution in [0.3, 0.4) is 0 Å². The summed E-state index contributed by atoms with van der Waals surface area (Å²) in [5, 5.41) is 6.93. The van der Waals surface area contributed by atoms with Gasteiger partial charge in [-0.15, -0.1) is 11.3 Å². The molecule has 4 nitrogen and oxygen atoms in total. The minimum absolute atomic E-state index is 0.0124. The number of anilines is 1. The molecule has 0 saturated heterocycles. The van der Waals surface area contributed by atoms with Crippen LogP contribution in [0.2, 0.25) is 0 Å². The van der Waals surface area contributed by atoms with Gasteiger partial charge in [-0.05, 0) is 25.0 Å². The molecule has 2 aromatic rings. The highest BCUT2D eigenvalue weighted by Crippen LogP contribution is 2.27. The first-order chi connectivity index (χ1) is 9.65. The summed E-state index contributed by atoms with van der Waals surface area (Å²) in [6.07, 6.45) is 0. The molecule has 1 aliphatic rings. The van der Waals surface area contributed by atoms with Crippen LogP contribution in [0.15, 0.2) is 24.3 Å². The number of nitrogens with one attached hydrogen (secondary N) is 2. The highest BCUT2D eigenvalue weighted by Gasteiger charge is 2.26. The summed E-state index contributed by atoms with van der Waals surface area (Å²) >= 11 is 1.52. The molecule has 0 bridgehead atoms. The van der Waals surface area contributed by atoms with Crippen molar-refractivity contribution in [1.82, 2.24) is 10.3 Å². The van der Waals surface area contributed by atoms with Crippen LogP contribution >= 0.6 is 11.3 Å². The SMILES string of the molecule is Cc1nc(NC(=O)C2CNCc3ccccc32)sc1C. The van der Waals surface area contributed by atoms with E-state index in [0.29, 0.717) is 11.7 Å². The highest BCUT2D eigenvalue weighted by molar-refractivity contribution is 7.15. The molecule has 0 aliphatic carbocycles. The second-order valence-electron chi connectivity index (χ2n) is 5.03. The van der Waals surface area contributed by atoms with Gasteiger partial charge in [0.25, 0.3) is 0 Å². The maximum Gasteiger partial charge on any atom is 0.235 e. The van der Waals surface area contributed by atoms with Crippen LogP contribution in [0.1, 0.15) is 27.6 Å². The number of nitrogens with zero attached hydrogens (tertiary/aromatic N) is 1. The van der Waals surface area contributed by atoms with E-state index in [4.69, 9.17) is 0 Å². The molecule has 20 heavy (non-hydrogen) atoms. The van der Waals surface area contributed by atoms with Gasteiger partial charge in [-0.25, -0.2) is 4.98 Å². The number of hydrogen-bond donors (Lipinski definition) is 2. The number of rotatable bonds is 2. The number of aryl methyl sites for hydroxylation is 2. The molecule has 3 rings (SSSR count). The standard InChI is InChI=1S/C15H17N3OS/c1-9-10(2)20-15(17-9)18-14(19)13-8-16-7-11-5-3-4-6-12(11)13/h3-6,13,16H,7-8H2,1-2H3,(H,17,18,19). The largest absolute Gasteiger partial charge is 0.312 e. The zero-order valence-corrected chi connectivity index (χ0v) is 12.4. The molecule has 0 fully saturated rings. The fourth-order valence-corrected chi connectivity index (χ4v) is 3.27. The smallest absolute Gasteiger partial charge is 0.235 e. The van der Waals surface area contributed by atoms with E-state index < -0.39 is 0 Å². The van der Waals surface area contributed by atoms with Crippen molar-refractivity contribution in [3.8, 4) is 0 Å². The van der Waals surface area contributed by atoms with Crippen molar-refractivity contribution in [1.29, 1.82) is 0 Å². The van der Waals surface area contributed by atoms with E-state index in [0.717, 1.165) is 22.7 Å². The number of thiazole rings is 1. The van der Waals surface area contributed by atoms with Crippen molar-refractivity contribution in [2.75, 3.05) is 11.9 Å². The predicted molar refractivity (Wildman–Crippen MR) is 81.1 cm³/mol. The minimum atomic E-state index is -0.149. The summed E-state index contributed by atoms with van der Waals surface area (Å²) in [6, 6.07) is 8.11. The first-order valence-electron chi connectivity index (χ1n) is 6.68. The lowest BCUT2D eigenvalue weighted by Gasteiger charge is -2.25. The Morgan fingerprint density at radius 1 is 1.40 bits per heavy atom. The molecule has 2 N–H and O–H groups in total. The van der Waals surface area contributed by atoms with Gasteiger partial charge < -0.3 is 10.6 Å². The molecule has 1 aromatic carbocycles. The molecule has 0 spiro atoms. The average Bonchev–Trinajstić information content (AvgIpc) is 2.76. The third-order valence-electron chi connectivity index (χ3n) is 3.67. The molecule has 1 amide bonds. The van der Waals surface area contributed by atoms with Gasteiger partial charge in [0.1, 0.15) is 0 Å². The van der Waals surface area contributed by atoms with E-state index in [9.17, 15) is 4.79 Å². The van der Waals surface area contributed by atoms with Crippen molar-refractivity contribution < 1.29 is 4.79 Å². The Morgan fingerprint density at radius 2 is 2.20 bits per heavy atom. The highest BCUT2D eigenvalue weighted by atomic mass is 32.1. The van der Waals surface area contributed by atoms with Crippen molar-refractivity contribution in [3.63, 3.8) is 0 Å². The van der Waals surface area contributed by atoms with Crippen molar-refractivity contribution in [2.24, 2.45) is 0 Å². The molecule has 1 atom stereocenters. The van der Waals surface area contributed by atoms with Crippen LogP contribution in [-0.4, -0.2) is 17.4 Å². The molecule has 0 radical (unpaired) electrons. The Balaban J connectivity index is 1.81. The fourth-order valence-electron chi connectivity index (χ4n) is 2.45. The molecule has 2 heterocycles. The first-order valence-corrected chi connectivity index (χ1v) is 7.50. The van der Waals surface area contributed by atoms with Gasteiger partial charge in [0.05, 0.1) is 11.6 Å². The summed E-state index contributed by atoms with van der Waals surface area (Å²) in [4.78, 5) is 18.0. The van der Waals surface area contributed by atoms with Gasteiger partial charge in [0, 0.05) is 18.0 Å². The van der Waals surface area contributed by atoms with Crippen molar-refractivity contribution in [2.45, 2.75) is 26.3 Å². The number of amides is 1. The number of hydrogen-bond acceptors (Lipinski definition) is 4. The maximum atomic E-state index is 12.5. The van der Waals surface area contributed by atoms with Crippen LogP contribution in [0.25, 0.3) is 0 Å². The molecular formula is C15H17N3OS. The molecule has 104 valence electrons. The quantitative estimate of drug-likeness (QED) is 0.892. The molecule has 1 aliphatic heterocycles. The Kier molecular flexibility index (Phi) is 3.54. The Hall–Kier alpha value is -1.72. The lowest BCUT2D eigenvalue weighted by atomic mass is 9.90. The summed E-state index contributed by atoms with van der Waals surface area (Å²) in [5.41, 5.74) is 3.30. The monoisotopic (exact) mass is 287 g/mol. The zero-order chi connectivity index (χ0) is 14.1. The lowest BCUT2D eigenvalue weighted by Crippen LogP contribution is -2.35. The van der Waals surface area contributed by atoms with Gasteiger partial charge in [0.15, 0.2) is 5.13 Å². The van der Waals surface area contributed by atoms with Gasteiger partial charge in [0.2, 0.25) is 5.91 Å². The van der Waals surface area contributed by atoms with Crippen molar-refractivity contribution in [3.05, 3.63) is 46.0 Å². The molecule has 5 heteroatoms. The second kappa shape index (κ2) is 5.34. The zero-order valence-electron chi connectivity index (χ0n) is 11.6. The minimum Gasteiger partial charge on any atom is -0.312 e. The number of benzene rings is 1. The first kappa shape index (κ1) is 13.3. The van der Waals surface area contributed by atoms with E-state index >= 15 is 0 Å². The summed E-state index contributed by atoms with van der Waals surface area (Å²) in [5.74, 6) is -0.136. The summed E-state index contributed by atoms with van der Waals surface area (Å²) in [6.45, 7) is 5.47. The topological polar surface area (TPSA) is 54.0 Å². The summed E-state index contributed by atoms with van der Waals surface area (Å²) in [7, 11) is 0. The number of carbonyl (C=O) groups excluding carboxylic acids is 1. The van der Waals surface area contributed by atoms with Gasteiger partial charge in [-0.1, -0.05) is 24.3 Å². The fraction of sp³-hybridized carbons (Fsp3) is 0.333. The predicted octanol–water partition coefficient (Wildman–Crippen LogP) is 2.59. The van der Waals surface area contributed by atoms with E-state index in [1.54, 1.807) is 0 Å². The van der Waals surface area contributed by atoms with E-state index in [2.05, 4.69) is 21.7 Å². The van der Waals surface area contributed by atoms with E-state index in [1.165, 1.54) is 16.9 Å². The van der Waals surface area contributed by atoms with Crippen LogP contribution in [0, 0.1) is 13.8 Å². The Morgan fingerprint density at radius 3 is 2.95 bits per heavy atom. The third kappa shape index (κ3) is 2.46. The van der Waals surface area contributed by atoms with Gasteiger partial charge in [-0.2, -0.15) is 0 Å². The molecule has 0 saturated carbocycles. The molecular weight excluding hydrogens is 270 g/mol. The lowest BCUT2D eigenvalue weighted by molar-refractivity contribution is -0.117. The second-order valence-corrected chi connectivity index (χ2v) is 6.24. The van der Waals surface area contributed by atoms with E-state index in [-0.39, 0.29) is 11.8 Å². The average molecular weight is 287 g/mol. The van der Waals surface area contributed by atoms with Crippen LogP contribution in [0.4, 0.5) is 5.13 Å². The van der Waals surface area contributed by atoms with Crippen molar-refractivity contribution >= 4 is 22.4 Å². The van der Waals surface area contributed by atoms with E-state index in [1.807, 2.05) is 32.0 Å². The molecule has 1 unspecified atom stereocenters. The van der Waals surface area contributed by atoms with Crippen LogP contribution in [0.5, 0.6) is 0 Å². The summed E-state index contributed by atoms with van der Waals surface area (Å²) < 4.78 is 0. The molecule has 1 aromatic heterocycles. The Labute approximate surface area is 122 Å². The maximum absolute atomic E-state index is 12.5. The van der Waals surface area contributed by atoms with Crippen LogP contribution in [-0.2, 0) is 11.3 Å². The Bertz CT molecular complexity index is 631.